The lowest BCUT2D eigenvalue weighted by Crippen LogP contribution is -2.12. The third kappa shape index (κ3) is 4.09. The number of nitrogens with zero attached hydrogens (tertiary/aromatic N) is 1. The topological polar surface area (TPSA) is 15.3 Å². The van der Waals surface area contributed by atoms with E-state index in [0.717, 1.165) is 17.6 Å². The Bertz CT molecular complexity index is 579. The molecule has 0 fully saturated rings. The van der Waals surface area contributed by atoms with Crippen LogP contribution in [0, 0.1) is 6.92 Å². The maximum Gasteiger partial charge on any atom is 0.0400 e. The molecule has 0 radical (unpaired) electrons. The predicted octanol–water partition coefficient (Wildman–Crippen LogP) is 4.43. The lowest BCUT2D eigenvalue weighted by Gasteiger charge is -2.16. The minimum absolute atomic E-state index is 0.846. The van der Waals surface area contributed by atoms with Crippen LogP contribution in [0.2, 0.25) is 0 Å². The van der Waals surface area contributed by atoms with E-state index in [4.69, 9.17) is 0 Å². The maximum atomic E-state index is 3.54. The van der Waals surface area contributed by atoms with E-state index in [-0.39, 0.29) is 0 Å². The number of hydrogen-bond acceptors (Lipinski definition) is 2. The van der Waals surface area contributed by atoms with Crippen LogP contribution in [-0.4, -0.2) is 19.0 Å². The van der Waals surface area contributed by atoms with Gasteiger partial charge in [0.1, 0.15) is 0 Å². The van der Waals surface area contributed by atoms with Crippen LogP contribution in [0.3, 0.4) is 0 Å². The van der Waals surface area contributed by atoms with Gasteiger partial charge in [0, 0.05) is 23.2 Å². The quantitative estimate of drug-likeness (QED) is 0.871. The second-order valence-electron chi connectivity index (χ2n) is 5.33. The fourth-order valence-electron chi connectivity index (χ4n) is 2.19. The molecule has 2 nitrogen and oxygen atoms in total. The van der Waals surface area contributed by atoms with E-state index in [2.05, 4.69) is 89.6 Å². The normalized spacial score (nSPS) is 10.8. The van der Waals surface area contributed by atoms with Crippen molar-refractivity contribution in [3.63, 3.8) is 0 Å². The Kier molecular flexibility index (Phi) is 5.21. The zero-order valence-electron chi connectivity index (χ0n) is 12.3. The average Bonchev–Trinajstić information content (AvgIpc) is 2.41. The van der Waals surface area contributed by atoms with Crippen molar-refractivity contribution in [3.8, 4) is 0 Å². The van der Waals surface area contributed by atoms with E-state index in [9.17, 15) is 0 Å². The van der Waals surface area contributed by atoms with Gasteiger partial charge in [0.05, 0.1) is 0 Å². The fraction of sp³-hybridized carbons (Fsp3) is 0.294. The number of nitrogens with one attached hydrogen (secondary N) is 1. The van der Waals surface area contributed by atoms with Gasteiger partial charge in [-0.05, 0) is 49.8 Å². The van der Waals surface area contributed by atoms with Gasteiger partial charge in [-0.3, -0.25) is 0 Å². The predicted molar refractivity (Wildman–Crippen MR) is 90.0 cm³/mol. The molecule has 106 valence electrons. The van der Waals surface area contributed by atoms with Gasteiger partial charge < -0.3 is 10.2 Å². The van der Waals surface area contributed by atoms with E-state index in [1.54, 1.807) is 0 Å². The van der Waals surface area contributed by atoms with Gasteiger partial charge in [-0.15, -0.1) is 0 Å². The van der Waals surface area contributed by atoms with E-state index in [0.29, 0.717) is 0 Å². The Labute approximate surface area is 129 Å². The number of hydrogen-bond donors (Lipinski definition) is 1. The number of para-hydroxylation sites is 1. The summed E-state index contributed by atoms with van der Waals surface area (Å²) >= 11 is 3.54. The summed E-state index contributed by atoms with van der Waals surface area (Å²) in [5, 5.41) is 3.54. The first kappa shape index (κ1) is 15.1. The van der Waals surface area contributed by atoms with Crippen molar-refractivity contribution in [2.45, 2.75) is 20.0 Å². The summed E-state index contributed by atoms with van der Waals surface area (Å²) in [5.41, 5.74) is 5.10. The number of rotatable bonds is 5. The smallest absolute Gasteiger partial charge is 0.0400 e. The van der Waals surface area contributed by atoms with Crippen LogP contribution < -0.4 is 5.32 Å². The average molecular weight is 333 g/mol. The SMILES string of the molecule is Cc1cc(CNc2ccccc2CN(C)C)ccc1Br. The highest BCUT2D eigenvalue weighted by atomic mass is 79.9. The summed E-state index contributed by atoms with van der Waals surface area (Å²) in [6.07, 6.45) is 0. The van der Waals surface area contributed by atoms with E-state index < -0.39 is 0 Å². The lowest BCUT2D eigenvalue weighted by molar-refractivity contribution is 0.403. The molecule has 0 saturated carbocycles. The third-order valence-electron chi connectivity index (χ3n) is 3.21. The van der Waals surface area contributed by atoms with Gasteiger partial charge in [0.15, 0.2) is 0 Å². The summed E-state index contributed by atoms with van der Waals surface area (Å²) in [7, 11) is 4.18. The van der Waals surface area contributed by atoms with E-state index in [1.807, 2.05) is 0 Å². The van der Waals surface area contributed by atoms with Crippen molar-refractivity contribution in [1.29, 1.82) is 0 Å². The summed E-state index contributed by atoms with van der Waals surface area (Å²) in [6.45, 7) is 3.91. The Hall–Kier alpha value is -1.32. The van der Waals surface area contributed by atoms with Gasteiger partial charge in [-0.25, -0.2) is 0 Å². The molecule has 20 heavy (non-hydrogen) atoms. The van der Waals surface area contributed by atoms with Gasteiger partial charge in [0.25, 0.3) is 0 Å². The van der Waals surface area contributed by atoms with Crippen LogP contribution in [0.4, 0.5) is 5.69 Å². The Morgan fingerprint density at radius 3 is 2.55 bits per heavy atom. The minimum Gasteiger partial charge on any atom is -0.381 e. The second kappa shape index (κ2) is 6.91. The molecule has 1 N–H and O–H groups in total. The zero-order chi connectivity index (χ0) is 14.5. The van der Waals surface area contributed by atoms with Crippen LogP contribution in [0.5, 0.6) is 0 Å². The fourth-order valence-corrected chi connectivity index (χ4v) is 2.43. The molecule has 0 amide bonds. The molecule has 2 aromatic rings. The largest absolute Gasteiger partial charge is 0.381 e. The van der Waals surface area contributed by atoms with Gasteiger partial charge in [-0.1, -0.05) is 46.3 Å². The highest BCUT2D eigenvalue weighted by Crippen LogP contribution is 2.20. The number of anilines is 1. The molecule has 0 spiro atoms. The molecule has 2 aromatic carbocycles. The zero-order valence-corrected chi connectivity index (χ0v) is 13.9. The van der Waals surface area contributed by atoms with Crippen molar-refractivity contribution in [2.24, 2.45) is 0 Å². The Morgan fingerprint density at radius 2 is 1.85 bits per heavy atom. The van der Waals surface area contributed by atoms with Crippen molar-refractivity contribution >= 4 is 21.6 Å². The monoisotopic (exact) mass is 332 g/mol. The van der Waals surface area contributed by atoms with Crippen LogP contribution in [0.15, 0.2) is 46.9 Å². The summed E-state index contributed by atoms with van der Waals surface area (Å²) in [6, 6.07) is 15.0. The molecule has 0 bridgehead atoms. The van der Waals surface area contributed by atoms with Crippen molar-refractivity contribution < 1.29 is 0 Å². The van der Waals surface area contributed by atoms with E-state index >= 15 is 0 Å². The summed E-state index contributed by atoms with van der Waals surface area (Å²) in [5.74, 6) is 0. The maximum absolute atomic E-state index is 3.54. The second-order valence-corrected chi connectivity index (χ2v) is 6.19. The van der Waals surface area contributed by atoms with Crippen molar-refractivity contribution in [2.75, 3.05) is 19.4 Å². The van der Waals surface area contributed by atoms with Crippen LogP contribution in [0.1, 0.15) is 16.7 Å². The molecule has 0 saturated heterocycles. The number of halogens is 1. The third-order valence-corrected chi connectivity index (χ3v) is 4.10. The molecule has 0 aromatic heterocycles. The molecule has 0 heterocycles. The molecule has 0 aliphatic carbocycles. The minimum atomic E-state index is 0.846. The molecule has 0 aliphatic heterocycles. The lowest BCUT2D eigenvalue weighted by atomic mass is 10.1. The van der Waals surface area contributed by atoms with Gasteiger partial charge in [-0.2, -0.15) is 0 Å². The highest BCUT2D eigenvalue weighted by molar-refractivity contribution is 9.10. The molecule has 0 aliphatic rings. The molecule has 0 unspecified atom stereocenters. The highest BCUT2D eigenvalue weighted by Gasteiger charge is 2.03. The van der Waals surface area contributed by atoms with Gasteiger partial charge >= 0.3 is 0 Å². The number of benzene rings is 2. The first-order valence-electron chi connectivity index (χ1n) is 6.78. The van der Waals surface area contributed by atoms with Crippen LogP contribution in [-0.2, 0) is 13.1 Å². The van der Waals surface area contributed by atoms with Gasteiger partial charge in [0.2, 0.25) is 0 Å². The van der Waals surface area contributed by atoms with Crippen molar-refractivity contribution in [1.82, 2.24) is 4.90 Å². The standard InChI is InChI=1S/C17H21BrN2/c1-13-10-14(8-9-16(13)18)11-19-17-7-5-4-6-15(17)12-20(2)3/h4-10,19H,11-12H2,1-3H3. The molecule has 0 atom stereocenters. The Balaban J connectivity index is 2.08. The van der Waals surface area contributed by atoms with Crippen molar-refractivity contribution in [3.05, 3.63) is 63.6 Å². The molecular weight excluding hydrogens is 312 g/mol. The Morgan fingerprint density at radius 1 is 1.10 bits per heavy atom. The molecule has 2 rings (SSSR count). The van der Waals surface area contributed by atoms with Crippen LogP contribution in [0.25, 0.3) is 0 Å². The molecular formula is C17H21BrN2. The summed E-state index contributed by atoms with van der Waals surface area (Å²) in [4.78, 5) is 2.18. The molecule has 3 heteroatoms. The first-order valence-corrected chi connectivity index (χ1v) is 7.57. The summed E-state index contributed by atoms with van der Waals surface area (Å²) < 4.78 is 1.16. The van der Waals surface area contributed by atoms with E-state index in [1.165, 1.54) is 22.4 Å². The first-order chi connectivity index (χ1) is 9.56. The number of aryl methyl sites for hydroxylation is 1. The van der Waals surface area contributed by atoms with Crippen LogP contribution >= 0.6 is 15.9 Å².